The van der Waals surface area contributed by atoms with Crippen LogP contribution < -0.4 is 16.4 Å². The van der Waals surface area contributed by atoms with Gasteiger partial charge in [0.2, 0.25) is 17.7 Å². The molecular weight excluding hydrogens is 264 g/mol. The van der Waals surface area contributed by atoms with E-state index in [0.29, 0.717) is 18.9 Å². The zero-order chi connectivity index (χ0) is 14.7. The molecule has 1 aliphatic heterocycles. The molecule has 0 saturated carbocycles. The quantitative estimate of drug-likeness (QED) is 0.586. The second-order valence-electron chi connectivity index (χ2n) is 4.82. The largest absolute Gasteiger partial charge is 0.378 e. The van der Waals surface area contributed by atoms with Gasteiger partial charge in [-0.15, -0.1) is 0 Å². The molecule has 0 spiro atoms. The lowest BCUT2D eigenvalue weighted by Gasteiger charge is -2.32. The molecule has 0 bridgehead atoms. The monoisotopic (exact) mass is 280 g/mol. The van der Waals surface area contributed by atoms with Crippen LogP contribution in [0.2, 0.25) is 0 Å². The molecule has 4 N–H and O–H groups in total. The molecule has 9 heteroatoms. The van der Waals surface area contributed by atoms with Crippen molar-refractivity contribution in [1.29, 1.82) is 0 Å². The standard InChI is InChI=1S/C11H16N6O3/c12-9(18)4-7-2-1-3-16(6-7)11-14-5-8(17(19)20)10(13)15-11/h5,7H,1-4,6H2,(H2,12,18)(H2,13,14,15). The molecule has 9 nitrogen and oxygen atoms in total. The van der Waals surface area contributed by atoms with Crippen LogP contribution in [0, 0.1) is 16.0 Å². The third-order valence-electron chi connectivity index (χ3n) is 3.27. The molecular formula is C11H16N6O3. The predicted molar refractivity (Wildman–Crippen MR) is 71.8 cm³/mol. The van der Waals surface area contributed by atoms with Crippen LogP contribution in [0.15, 0.2) is 6.20 Å². The van der Waals surface area contributed by atoms with Crippen molar-refractivity contribution < 1.29 is 9.72 Å². The minimum atomic E-state index is -0.620. The number of piperidine rings is 1. The fraction of sp³-hybridized carbons (Fsp3) is 0.545. The highest BCUT2D eigenvalue weighted by atomic mass is 16.6. The number of carbonyl (C=O) groups excluding carboxylic acids is 1. The van der Waals surface area contributed by atoms with E-state index in [-0.39, 0.29) is 23.3 Å². The maximum atomic E-state index is 11.0. The fourth-order valence-electron chi connectivity index (χ4n) is 2.37. The molecule has 0 radical (unpaired) electrons. The Morgan fingerprint density at radius 3 is 2.95 bits per heavy atom. The van der Waals surface area contributed by atoms with Gasteiger partial charge in [-0.05, 0) is 18.8 Å². The van der Waals surface area contributed by atoms with E-state index in [4.69, 9.17) is 11.5 Å². The summed E-state index contributed by atoms with van der Waals surface area (Å²) < 4.78 is 0. The van der Waals surface area contributed by atoms with Gasteiger partial charge < -0.3 is 16.4 Å². The van der Waals surface area contributed by atoms with Crippen LogP contribution in [0.4, 0.5) is 17.5 Å². The van der Waals surface area contributed by atoms with Crippen LogP contribution >= 0.6 is 0 Å². The molecule has 1 aliphatic rings. The Balaban J connectivity index is 2.13. The van der Waals surface area contributed by atoms with Crippen LogP contribution in [0.5, 0.6) is 0 Å². The summed E-state index contributed by atoms with van der Waals surface area (Å²) in [5.74, 6) is 0.0153. The fourth-order valence-corrected chi connectivity index (χ4v) is 2.37. The predicted octanol–water partition coefficient (Wildman–Crippen LogP) is 0.0588. The molecule has 1 fully saturated rings. The second-order valence-corrected chi connectivity index (χ2v) is 4.82. The number of nitrogens with zero attached hydrogens (tertiary/aromatic N) is 4. The van der Waals surface area contributed by atoms with E-state index in [1.807, 2.05) is 4.90 Å². The number of nitro groups is 1. The average molecular weight is 280 g/mol. The van der Waals surface area contributed by atoms with Crippen molar-refractivity contribution in [3.63, 3.8) is 0 Å². The van der Waals surface area contributed by atoms with E-state index in [9.17, 15) is 14.9 Å². The average Bonchev–Trinajstić information content (AvgIpc) is 2.37. The summed E-state index contributed by atoms with van der Waals surface area (Å²) in [5.41, 5.74) is 10.4. The van der Waals surface area contributed by atoms with Gasteiger partial charge in [-0.25, -0.2) is 4.98 Å². The van der Waals surface area contributed by atoms with Gasteiger partial charge in [0.25, 0.3) is 0 Å². The van der Waals surface area contributed by atoms with Crippen molar-refractivity contribution >= 4 is 23.4 Å². The Labute approximate surface area is 115 Å². The third-order valence-corrected chi connectivity index (χ3v) is 3.27. The van der Waals surface area contributed by atoms with Gasteiger partial charge in [-0.3, -0.25) is 14.9 Å². The first kappa shape index (κ1) is 14.0. The third kappa shape index (κ3) is 3.11. The van der Waals surface area contributed by atoms with E-state index in [0.717, 1.165) is 25.6 Å². The van der Waals surface area contributed by atoms with Gasteiger partial charge in [0.05, 0.1) is 4.92 Å². The number of nitrogen functional groups attached to an aromatic ring is 1. The number of rotatable bonds is 4. The van der Waals surface area contributed by atoms with E-state index in [1.54, 1.807) is 0 Å². The molecule has 1 saturated heterocycles. The van der Waals surface area contributed by atoms with Crippen molar-refractivity contribution in [2.75, 3.05) is 23.7 Å². The first-order valence-electron chi connectivity index (χ1n) is 6.27. The Bertz CT molecular complexity index is 535. The smallest absolute Gasteiger partial charge is 0.329 e. The lowest BCUT2D eigenvalue weighted by molar-refractivity contribution is -0.384. The van der Waals surface area contributed by atoms with Crippen molar-refractivity contribution in [1.82, 2.24) is 9.97 Å². The summed E-state index contributed by atoms with van der Waals surface area (Å²) in [4.78, 5) is 30.8. The molecule has 1 aromatic heterocycles. The van der Waals surface area contributed by atoms with Crippen molar-refractivity contribution in [3.05, 3.63) is 16.3 Å². The lowest BCUT2D eigenvalue weighted by atomic mass is 9.95. The zero-order valence-electron chi connectivity index (χ0n) is 10.9. The van der Waals surface area contributed by atoms with Crippen molar-refractivity contribution in [3.8, 4) is 0 Å². The molecule has 2 rings (SSSR count). The van der Waals surface area contributed by atoms with Crippen LogP contribution in [0.3, 0.4) is 0 Å². The highest BCUT2D eigenvalue weighted by Gasteiger charge is 2.24. The van der Waals surface area contributed by atoms with Gasteiger partial charge in [-0.2, -0.15) is 4.98 Å². The van der Waals surface area contributed by atoms with Gasteiger partial charge in [0.1, 0.15) is 6.20 Å². The van der Waals surface area contributed by atoms with E-state index in [1.165, 1.54) is 0 Å². The SMILES string of the molecule is NC(=O)CC1CCCN(c2ncc([N+](=O)[O-])c(N)n2)C1. The number of nitrogens with two attached hydrogens (primary N) is 2. The summed E-state index contributed by atoms with van der Waals surface area (Å²) in [7, 11) is 0. The van der Waals surface area contributed by atoms with E-state index in [2.05, 4.69) is 9.97 Å². The first-order valence-corrected chi connectivity index (χ1v) is 6.27. The Kier molecular flexibility index (Phi) is 3.97. The maximum Gasteiger partial charge on any atom is 0.329 e. The molecule has 1 unspecified atom stereocenters. The van der Waals surface area contributed by atoms with Crippen molar-refractivity contribution in [2.45, 2.75) is 19.3 Å². The minimum Gasteiger partial charge on any atom is -0.378 e. The number of primary amides is 1. The van der Waals surface area contributed by atoms with Crippen LogP contribution in [0.1, 0.15) is 19.3 Å². The number of amides is 1. The number of carbonyl (C=O) groups is 1. The molecule has 0 aliphatic carbocycles. The highest BCUT2D eigenvalue weighted by molar-refractivity contribution is 5.74. The summed E-state index contributed by atoms with van der Waals surface area (Å²) in [6, 6.07) is 0. The van der Waals surface area contributed by atoms with Gasteiger partial charge >= 0.3 is 5.69 Å². The number of hydrogen-bond donors (Lipinski definition) is 2. The maximum absolute atomic E-state index is 11.0. The van der Waals surface area contributed by atoms with E-state index >= 15 is 0 Å². The topological polar surface area (TPSA) is 141 Å². The summed E-state index contributed by atoms with van der Waals surface area (Å²) in [6.45, 7) is 1.33. The Morgan fingerprint density at radius 1 is 1.60 bits per heavy atom. The highest BCUT2D eigenvalue weighted by Crippen LogP contribution is 2.25. The molecule has 20 heavy (non-hydrogen) atoms. The molecule has 108 valence electrons. The first-order chi connectivity index (χ1) is 9.47. The molecule has 1 amide bonds. The molecule has 0 aromatic carbocycles. The number of aromatic nitrogens is 2. The molecule has 1 aromatic rings. The minimum absolute atomic E-state index is 0.154. The Morgan fingerprint density at radius 2 is 2.35 bits per heavy atom. The zero-order valence-corrected chi connectivity index (χ0v) is 10.9. The summed E-state index contributed by atoms with van der Waals surface area (Å²) in [5, 5.41) is 10.7. The molecule has 2 heterocycles. The summed E-state index contributed by atoms with van der Waals surface area (Å²) >= 11 is 0. The van der Waals surface area contributed by atoms with Gasteiger partial charge in [0.15, 0.2) is 0 Å². The number of hydrogen-bond acceptors (Lipinski definition) is 7. The molecule has 1 atom stereocenters. The van der Waals surface area contributed by atoms with E-state index < -0.39 is 4.92 Å². The normalized spacial score (nSPS) is 18.8. The Hall–Kier alpha value is -2.45. The summed E-state index contributed by atoms with van der Waals surface area (Å²) in [6.07, 6.45) is 3.23. The lowest BCUT2D eigenvalue weighted by Crippen LogP contribution is -2.38. The van der Waals surface area contributed by atoms with Gasteiger partial charge in [0, 0.05) is 19.5 Å². The van der Waals surface area contributed by atoms with Crippen LogP contribution in [-0.2, 0) is 4.79 Å². The number of anilines is 2. The van der Waals surface area contributed by atoms with Crippen LogP contribution in [0.25, 0.3) is 0 Å². The van der Waals surface area contributed by atoms with Crippen molar-refractivity contribution in [2.24, 2.45) is 11.7 Å². The second kappa shape index (κ2) is 5.68. The van der Waals surface area contributed by atoms with Crippen LogP contribution in [-0.4, -0.2) is 33.9 Å². The van der Waals surface area contributed by atoms with Gasteiger partial charge in [-0.1, -0.05) is 0 Å².